The predicted molar refractivity (Wildman–Crippen MR) is 61.4 cm³/mol. The molecule has 0 fully saturated rings. The molecule has 80 valence electrons. The molecule has 0 aromatic carbocycles. The third-order valence-electron chi connectivity index (χ3n) is 1.71. The molecule has 0 amide bonds. The molecule has 2 N–H and O–H groups in total. The molecule has 0 aliphatic rings. The van der Waals surface area contributed by atoms with Gasteiger partial charge in [-0.15, -0.1) is 0 Å². The third-order valence-corrected chi connectivity index (χ3v) is 2.90. The molecule has 6 heteroatoms. The van der Waals surface area contributed by atoms with E-state index >= 15 is 0 Å². The zero-order chi connectivity index (χ0) is 10.4. The first-order valence-electron chi connectivity index (χ1n) is 4.34. The van der Waals surface area contributed by atoms with Gasteiger partial charge in [0.15, 0.2) is 5.82 Å². The topological polar surface area (TPSA) is 64.9 Å². The van der Waals surface area contributed by atoms with Gasteiger partial charge in [0.25, 0.3) is 0 Å². The lowest BCUT2D eigenvalue weighted by Crippen LogP contribution is -2.11. The Kier molecular flexibility index (Phi) is 5.36. The molecule has 14 heavy (non-hydrogen) atoms. The number of hydrogen-bond acceptors (Lipinski definition) is 6. The summed E-state index contributed by atoms with van der Waals surface area (Å²) in [6.07, 6.45) is 4.94. The Morgan fingerprint density at radius 3 is 2.86 bits per heavy atom. The van der Waals surface area contributed by atoms with Gasteiger partial charge in [0.05, 0.1) is 11.8 Å². The fourth-order valence-corrected chi connectivity index (χ4v) is 1.84. The first kappa shape index (κ1) is 11.9. The SMILES string of the molecule is CSCC[C@H](N)c1nc(CSC)no1. The van der Waals surface area contributed by atoms with Crippen LogP contribution in [0.15, 0.2) is 4.52 Å². The summed E-state index contributed by atoms with van der Waals surface area (Å²) in [5, 5.41) is 3.84. The molecule has 0 unspecified atom stereocenters. The molecule has 1 aromatic heterocycles. The normalized spacial score (nSPS) is 13.1. The molecule has 0 aliphatic carbocycles. The van der Waals surface area contributed by atoms with Crippen molar-refractivity contribution in [2.45, 2.75) is 18.2 Å². The summed E-state index contributed by atoms with van der Waals surface area (Å²) in [5.41, 5.74) is 5.87. The average molecular weight is 233 g/mol. The minimum atomic E-state index is -0.120. The highest BCUT2D eigenvalue weighted by Gasteiger charge is 2.13. The zero-order valence-electron chi connectivity index (χ0n) is 8.40. The van der Waals surface area contributed by atoms with Crippen LogP contribution in [0.3, 0.4) is 0 Å². The zero-order valence-corrected chi connectivity index (χ0v) is 10.0. The summed E-state index contributed by atoms with van der Waals surface area (Å²) in [4.78, 5) is 4.22. The Hall–Kier alpha value is -0.200. The minimum Gasteiger partial charge on any atom is -0.338 e. The molecule has 1 atom stereocenters. The smallest absolute Gasteiger partial charge is 0.243 e. The van der Waals surface area contributed by atoms with E-state index in [0.717, 1.165) is 23.8 Å². The molecular weight excluding hydrogens is 218 g/mol. The fourth-order valence-electron chi connectivity index (χ4n) is 0.974. The second-order valence-corrected chi connectivity index (χ2v) is 4.72. The van der Waals surface area contributed by atoms with Gasteiger partial charge >= 0.3 is 0 Å². The van der Waals surface area contributed by atoms with Gasteiger partial charge in [0.2, 0.25) is 5.89 Å². The molecule has 1 aromatic rings. The van der Waals surface area contributed by atoms with Gasteiger partial charge in [-0.1, -0.05) is 5.16 Å². The van der Waals surface area contributed by atoms with Crippen molar-refractivity contribution < 1.29 is 4.52 Å². The summed E-state index contributed by atoms with van der Waals surface area (Å²) in [6.45, 7) is 0. The summed E-state index contributed by atoms with van der Waals surface area (Å²) in [6, 6.07) is -0.120. The molecule has 0 spiro atoms. The van der Waals surface area contributed by atoms with Crippen molar-refractivity contribution in [3.63, 3.8) is 0 Å². The van der Waals surface area contributed by atoms with Crippen molar-refractivity contribution in [1.29, 1.82) is 0 Å². The molecule has 0 aliphatic heterocycles. The average Bonchev–Trinajstić information content (AvgIpc) is 2.63. The monoisotopic (exact) mass is 233 g/mol. The van der Waals surface area contributed by atoms with Gasteiger partial charge in [-0.25, -0.2) is 0 Å². The first-order chi connectivity index (χ1) is 6.77. The highest BCUT2D eigenvalue weighted by Crippen LogP contribution is 2.15. The van der Waals surface area contributed by atoms with E-state index in [-0.39, 0.29) is 6.04 Å². The summed E-state index contributed by atoms with van der Waals surface area (Å²) >= 11 is 3.44. The van der Waals surface area contributed by atoms with E-state index in [1.54, 1.807) is 23.5 Å². The number of nitrogens with two attached hydrogens (primary N) is 1. The Balaban J connectivity index is 2.48. The number of thioether (sulfide) groups is 2. The van der Waals surface area contributed by atoms with Crippen LogP contribution in [0, 0.1) is 0 Å². The molecule has 0 bridgehead atoms. The van der Waals surface area contributed by atoms with Crippen LogP contribution in [0.5, 0.6) is 0 Å². The van der Waals surface area contributed by atoms with Crippen molar-refractivity contribution in [2.24, 2.45) is 5.73 Å². The Morgan fingerprint density at radius 2 is 2.21 bits per heavy atom. The van der Waals surface area contributed by atoms with Crippen molar-refractivity contribution in [2.75, 3.05) is 18.3 Å². The fraction of sp³-hybridized carbons (Fsp3) is 0.750. The summed E-state index contributed by atoms with van der Waals surface area (Å²) in [7, 11) is 0. The standard InChI is InChI=1S/C8H15N3OS2/c1-13-4-3-6(9)8-10-7(5-14-2)11-12-8/h6H,3-5,9H2,1-2H3/t6-/m0/s1. The molecule has 0 saturated heterocycles. The van der Waals surface area contributed by atoms with E-state index in [4.69, 9.17) is 10.3 Å². The second-order valence-electron chi connectivity index (χ2n) is 2.87. The Labute approximate surface area is 92.4 Å². The second kappa shape index (κ2) is 6.31. The minimum absolute atomic E-state index is 0.120. The number of rotatable bonds is 6. The number of nitrogens with zero attached hydrogens (tertiary/aromatic N) is 2. The summed E-state index contributed by atoms with van der Waals surface area (Å²) in [5.74, 6) is 3.08. The Morgan fingerprint density at radius 1 is 1.43 bits per heavy atom. The van der Waals surface area contributed by atoms with Gasteiger partial charge in [-0.05, 0) is 24.7 Å². The van der Waals surface area contributed by atoms with Gasteiger partial charge in [0.1, 0.15) is 0 Å². The summed E-state index contributed by atoms with van der Waals surface area (Å²) < 4.78 is 5.07. The largest absolute Gasteiger partial charge is 0.338 e. The van der Waals surface area contributed by atoms with E-state index in [1.165, 1.54) is 0 Å². The van der Waals surface area contributed by atoms with Crippen molar-refractivity contribution in [1.82, 2.24) is 10.1 Å². The van der Waals surface area contributed by atoms with Crippen LogP contribution >= 0.6 is 23.5 Å². The van der Waals surface area contributed by atoms with E-state index in [9.17, 15) is 0 Å². The highest BCUT2D eigenvalue weighted by molar-refractivity contribution is 7.98. The molecule has 0 saturated carbocycles. The van der Waals surface area contributed by atoms with Crippen LogP contribution in [0.1, 0.15) is 24.2 Å². The first-order valence-corrected chi connectivity index (χ1v) is 7.12. The van der Waals surface area contributed by atoms with Crippen molar-refractivity contribution >= 4 is 23.5 Å². The number of hydrogen-bond donors (Lipinski definition) is 1. The molecule has 1 heterocycles. The van der Waals surface area contributed by atoms with E-state index in [2.05, 4.69) is 16.4 Å². The maximum atomic E-state index is 5.87. The number of aromatic nitrogens is 2. The van der Waals surface area contributed by atoms with Gasteiger partial charge in [-0.2, -0.15) is 28.5 Å². The van der Waals surface area contributed by atoms with E-state index in [0.29, 0.717) is 5.89 Å². The maximum absolute atomic E-state index is 5.87. The van der Waals surface area contributed by atoms with Crippen LogP contribution < -0.4 is 5.73 Å². The van der Waals surface area contributed by atoms with Crippen molar-refractivity contribution in [3.8, 4) is 0 Å². The van der Waals surface area contributed by atoms with Crippen LogP contribution in [0.4, 0.5) is 0 Å². The van der Waals surface area contributed by atoms with E-state index < -0.39 is 0 Å². The predicted octanol–water partition coefficient (Wildman–Crippen LogP) is 1.69. The molecule has 0 radical (unpaired) electrons. The Bertz CT molecular complexity index is 267. The van der Waals surface area contributed by atoms with Crippen molar-refractivity contribution in [3.05, 3.63) is 11.7 Å². The van der Waals surface area contributed by atoms with E-state index in [1.807, 2.05) is 6.26 Å². The van der Waals surface area contributed by atoms with Crippen LogP contribution in [0.25, 0.3) is 0 Å². The van der Waals surface area contributed by atoms with Crippen LogP contribution in [0.2, 0.25) is 0 Å². The van der Waals surface area contributed by atoms with Crippen LogP contribution in [-0.4, -0.2) is 28.4 Å². The van der Waals surface area contributed by atoms with Gasteiger partial charge in [-0.3, -0.25) is 0 Å². The lowest BCUT2D eigenvalue weighted by Gasteiger charge is -2.03. The lowest BCUT2D eigenvalue weighted by molar-refractivity contribution is 0.350. The quantitative estimate of drug-likeness (QED) is 0.806. The van der Waals surface area contributed by atoms with Gasteiger partial charge in [0, 0.05) is 0 Å². The lowest BCUT2D eigenvalue weighted by atomic mass is 10.2. The molecule has 4 nitrogen and oxygen atoms in total. The van der Waals surface area contributed by atoms with Gasteiger partial charge < -0.3 is 10.3 Å². The highest BCUT2D eigenvalue weighted by atomic mass is 32.2. The van der Waals surface area contributed by atoms with Crippen LogP contribution in [-0.2, 0) is 5.75 Å². The molecular formula is C8H15N3OS2. The maximum Gasteiger partial charge on any atom is 0.243 e. The molecule has 1 rings (SSSR count). The third kappa shape index (κ3) is 3.51.